The Labute approximate surface area is 127 Å². The second-order valence-corrected chi connectivity index (χ2v) is 9.11. The van der Waals surface area contributed by atoms with Crippen molar-refractivity contribution < 1.29 is 12.6 Å². The van der Waals surface area contributed by atoms with Crippen LogP contribution < -0.4 is 0 Å². The zero-order chi connectivity index (χ0) is 15.2. The standard InChI is InChI=1S/C14H19NO3SSe/c1-11(2)18-19(16,17)14(9-12(3)20-10-15)13-7-5-4-6-8-13/h4-8,11-12,14H,9H2,1-3H3/t12-,14+/m0/s1. The van der Waals surface area contributed by atoms with E-state index in [9.17, 15) is 8.42 Å². The molecule has 1 aromatic carbocycles. The molecular formula is C14H19NO3SSe. The summed E-state index contributed by atoms with van der Waals surface area (Å²) in [5, 5.41) is 8.05. The summed E-state index contributed by atoms with van der Waals surface area (Å²) in [5.41, 5.74) is 0.716. The minimum absolute atomic E-state index is 0.0586. The van der Waals surface area contributed by atoms with Crippen molar-refractivity contribution >= 4 is 25.1 Å². The third-order valence-electron chi connectivity index (χ3n) is 2.65. The van der Waals surface area contributed by atoms with Crippen molar-refractivity contribution in [1.82, 2.24) is 0 Å². The van der Waals surface area contributed by atoms with E-state index in [4.69, 9.17) is 9.44 Å². The van der Waals surface area contributed by atoms with Crippen LogP contribution in [0.2, 0.25) is 4.82 Å². The van der Waals surface area contributed by atoms with Crippen molar-refractivity contribution in [2.24, 2.45) is 0 Å². The molecule has 0 aliphatic carbocycles. The van der Waals surface area contributed by atoms with Gasteiger partial charge in [-0.1, -0.05) is 0 Å². The first kappa shape index (κ1) is 17.2. The number of rotatable bonds is 7. The number of benzene rings is 1. The van der Waals surface area contributed by atoms with Crippen LogP contribution in [0.1, 0.15) is 38.0 Å². The normalized spacial score (nSPS) is 14.8. The minimum atomic E-state index is -3.69. The van der Waals surface area contributed by atoms with Crippen LogP contribution in [-0.2, 0) is 14.3 Å². The molecule has 0 unspecified atom stereocenters. The number of nitriles is 1. The first-order chi connectivity index (χ1) is 9.36. The van der Waals surface area contributed by atoms with Crippen LogP contribution in [0.25, 0.3) is 0 Å². The van der Waals surface area contributed by atoms with E-state index in [1.165, 1.54) is 0 Å². The molecule has 0 aromatic heterocycles. The topological polar surface area (TPSA) is 67.2 Å². The van der Waals surface area contributed by atoms with E-state index < -0.39 is 15.4 Å². The molecule has 0 spiro atoms. The van der Waals surface area contributed by atoms with E-state index in [-0.39, 0.29) is 25.9 Å². The van der Waals surface area contributed by atoms with Gasteiger partial charge in [0.2, 0.25) is 0 Å². The van der Waals surface area contributed by atoms with Gasteiger partial charge in [-0.25, -0.2) is 0 Å². The average Bonchev–Trinajstić information content (AvgIpc) is 2.35. The van der Waals surface area contributed by atoms with E-state index in [1.54, 1.807) is 26.0 Å². The molecule has 0 bridgehead atoms. The fraction of sp³-hybridized carbons (Fsp3) is 0.500. The molecule has 20 heavy (non-hydrogen) atoms. The first-order valence-corrected chi connectivity index (χ1v) is 9.70. The molecule has 0 N–H and O–H groups in total. The Morgan fingerprint density at radius 2 is 1.85 bits per heavy atom. The molecular weight excluding hydrogens is 341 g/mol. The van der Waals surface area contributed by atoms with Crippen molar-refractivity contribution in [3.05, 3.63) is 35.9 Å². The van der Waals surface area contributed by atoms with Crippen molar-refractivity contribution in [3.63, 3.8) is 0 Å². The fourth-order valence-electron chi connectivity index (χ4n) is 1.86. The predicted molar refractivity (Wildman–Crippen MR) is 79.7 cm³/mol. The molecule has 4 nitrogen and oxygen atoms in total. The Balaban J connectivity index is 3.06. The van der Waals surface area contributed by atoms with Crippen LogP contribution in [0.4, 0.5) is 0 Å². The second-order valence-electron chi connectivity index (χ2n) is 4.79. The van der Waals surface area contributed by atoms with Crippen LogP contribution in [0.15, 0.2) is 30.3 Å². The zero-order valence-electron chi connectivity index (χ0n) is 11.8. The van der Waals surface area contributed by atoms with Crippen LogP contribution in [0.5, 0.6) is 0 Å². The number of nitrogens with zero attached hydrogens (tertiary/aromatic N) is 1. The van der Waals surface area contributed by atoms with Crippen LogP contribution in [-0.4, -0.2) is 29.5 Å². The maximum absolute atomic E-state index is 12.4. The van der Waals surface area contributed by atoms with Gasteiger partial charge < -0.3 is 0 Å². The van der Waals surface area contributed by atoms with Crippen LogP contribution >= 0.6 is 0 Å². The van der Waals surface area contributed by atoms with Crippen molar-refractivity contribution in [2.45, 2.75) is 43.4 Å². The van der Waals surface area contributed by atoms with E-state index >= 15 is 0 Å². The Morgan fingerprint density at radius 3 is 2.35 bits per heavy atom. The summed E-state index contributed by atoms with van der Waals surface area (Å²) in [6.45, 7) is 5.30. The SMILES string of the molecule is CC(C)OS(=O)(=O)[C@H](C[C@H](C)[Se]C#N)c1ccccc1. The van der Waals surface area contributed by atoms with Gasteiger partial charge in [0, 0.05) is 0 Å². The summed E-state index contributed by atoms with van der Waals surface area (Å²) >= 11 is -0.222. The predicted octanol–water partition coefficient (Wildman–Crippen LogP) is 2.87. The van der Waals surface area contributed by atoms with Gasteiger partial charge in [0.05, 0.1) is 0 Å². The van der Waals surface area contributed by atoms with Crippen molar-refractivity contribution in [1.29, 1.82) is 5.26 Å². The molecule has 2 atom stereocenters. The van der Waals surface area contributed by atoms with Crippen LogP contribution in [0.3, 0.4) is 0 Å². The van der Waals surface area contributed by atoms with E-state index in [1.807, 2.05) is 25.1 Å². The van der Waals surface area contributed by atoms with Crippen molar-refractivity contribution in [2.75, 3.05) is 0 Å². The molecule has 0 aliphatic heterocycles. The molecule has 0 heterocycles. The van der Waals surface area contributed by atoms with E-state index in [0.717, 1.165) is 0 Å². The quantitative estimate of drug-likeness (QED) is 0.554. The van der Waals surface area contributed by atoms with Gasteiger partial charge >= 0.3 is 127 Å². The number of hydrogen-bond donors (Lipinski definition) is 0. The summed E-state index contributed by atoms with van der Waals surface area (Å²) in [6.07, 6.45) is 0.0232. The third kappa shape index (κ3) is 5.26. The van der Waals surface area contributed by atoms with Gasteiger partial charge in [-0.15, -0.1) is 0 Å². The van der Waals surface area contributed by atoms with Gasteiger partial charge in [0.25, 0.3) is 0 Å². The summed E-state index contributed by atoms with van der Waals surface area (Å²) in [4.78, 5) is 2.20. The van der Waals surface area contributed by atoms with Crippen LogP contribution in [0, 0.1) is 10.2 Å². The van der Waals surface area contributed by atoms with Crippen molar-refractivity contribution in [3.8, 4) is 4.97 Å². The molecule has 0 aliphatic rings. The summed E-state index contributed by atoms with van der Waals surface area (Å²) in [7, 11) is -3.69. The number of hydrogen-bond acceptors (Lipinski definition) is 4. The average molecular weight is 360 g/mol. The molecule has 0 radical (unpaired) electrons. The van der Waals surface area contributed by atoms with Gasteiger partial charge in [-0.3, -0.25) is 0 Å². The Kier molecular flexibility index (Phi) is 6.70. The molecule has 0 fully saturated rings. The summed E-state index contributed by atoms with van der Waals surface area (Å²) in [5.74, 6) is 0. The summed E-state index contributed by atoms with van der Waals surface area (Å²) < 4.78 is 29.9. The maximum atomic E-state index is 12.4. The van der Waals surface area contributed by atoms with Gasteiger partial charge in [-0.05, 0) is 0 Å². The first-order valence-electron chi connectivity index (χ1n) is 6.38. The fourth-order valence-corrected chi connectivity index (χ4v) is 4.81. The Morgan fingerprint density at radius 1 is 1.25 bits per heavy atom. The molecule has 0 amide bonds. The monoisotopic (exact) mass is 361 g/mol. The molecule has 0 saturated heterocycles. The van der Waals surface area contributed by atoms with Gasteiger partial charge in [0.15, 0.2) is 0 Å². The second kappa shape index (κ2) is 7.80. The van der Waals surface area contributed by atoms with Gasteiger partial charge in [-0.2, -0.15) is 0 Å². The van der Waals surface area contributed by atoms with E-state index in [2.05, 4.69) is 4.97 Å². The van der Waals surface area contributed by atoms with E-state index in [0.29, 0.717) is 12.0 Å². The van der Waals surface area contributed by atoms with Gasteiger partial charge in [0.1, 0.15) is 0 Å². The molecule has 0 saturated carbocycles. The summed E-state index contributed by atoms with van der Waals surface area (Å²) in [6, 6.07) is 9.05. The Hall–Kier alpha value is -0.861. The molecule has 6 heteroatoms. The molecule has 1 aromatic rings. The molecule has 110 valence electrons. The third-order valence-corrected chi connectivity index (χ3v) is 5.93. The zero-order valence-corrected chi connectivity index (χ0v) is 14.3. The Bertz CT molecular complexity index is 552. The molecule has 1 rings (SSSR count).